The highest BCUT2D eigenvalue weighted by atomic mass is 32.1. The van der Waals surface area contributed by atoms with Crippen LogP contribution in [0.5, 0.6) is 0 Å². The van der Waals surface area contributed by atoms with E-state index in [4.69, 9.17) is 13.7 Å². The Labute approximate surface area is 249 Å². The van der Waals surface area contributed by atoms with Crippen LogP contribution < -0.4 is 10.4 Å². The van der Waals surface area contributed by atoms with Gasteiger partial charge in [-0.15, -0.1) is 11.3 Å². The van der Waals surface area contributed by atoms with Crippen LogP contribution in [0.3, 0.4) is 0 Å². The second-order valence-corrected chi connectivity index (χ2v) is 13.2. The Balaban J connectivity index is 1.26. The molecule has 206 valence electrons. The Morgan fingerprint density at radius 1 is 0.548 bits per heavy atom. The molecule has 0 amide bonds. The van der Waals surface area contributed by atoms with Crippen molar-refractivity contribution < 1.29 is 13.7 Å². The average Bonchev–Trinajstić information content (AvgIpc) is 3.61. The lowest BCUT2D eigenvalue weighted by atomic mass is 9.79. The van der Waals surface area contributed by atoms with Crippen LogP contribution in [-0.4, -0.2) is 18.3 Å². The zero-order chi connectivity index (χ0) is 28.6. The molecule has 0 atom stereocenters. The predicted octanol–water partition coefficient (Wildman–Crippen LogP) is 9.72. The third-order valence-corrected chi connectivity index (χ3v) is 10.1. The molecule has 1 aliphatic rings. The van der Waals surface area contributed by atoms with Gasteiger partial charge in [0.25, 0.3) is 0 Å². The van der Waals surface area contributed by atoms with Crippen LogP contribution in [0.2, 0.25) is 0 Å². The normalized spacial score (nSPS) is 16.2. The number of hydrogen-bond acceptors (Lipinski definition) is 5. The molecule has 0 radical (unpaired) electrons. The Kier molecular flexibility index (Phi) is 5.61. The summed E-state index contributed by atoms with van der Waals surface area (Å²) in [7, 11) is -0.405. The SMILES string of the molecule is CC1(C)OB(c2ccc(N(c3ccc4c(c3)oc3ccccc34)c3ccc4sc5ccccc5c4c3)cc2)OC1(C)C. The van der Waals surface area contributed by atoms with Crippen molar-refractivity contribution in [3.8, 4) is 0 Å². The van der Waals surface area contributed by atoms with E-state index in [0.29, 0.717) is 0 Å². The van der Waals surface area contributed by atoms with Crippen molar-refractivity contribution in [1.29, 1.82) is 0 Å². The van der Waals surface area contributed by atoms with Gasteiger partial charge in [-0.25, -0.2) is 0 Å². The zero-order valence-electron chi connectivity index (χ0n) is 24.0. The summed E-state index contributed by atoms with van der Waals surface area (Å²) in [5.74, 6) is 0. The van der Waals surface area contributed by atoms with Crippen molar-refractivity contribution >= 4 is 83.1 Å². The second-order valence-electron chi connectivity index (χ2n) is 12.1. The Morgan fingerprint density at radius 2 is 1.14 bits per heavy atom. The van der Waals surface area contributed by atoms with Gasteiger partial charge < -0.3 is 18.6 Å². The lowest BCUT2D eigenvalue weighted by molar-refractivity contribution is 0.00578. The zero-order valence-corrected chi connectivity index (χ0v) is 24.9. The molecule has 0 aliphatic carbocycles. The fraction of sp³-hybridized carbons (Fsp3) is 0.167. The highest BCUT2D eigenvalue weighted by molar-refractivity contribution is 7.25. The van der Waals surface area contributed by atoms with Crippen molar-refractivity contribution in [2.75, 3.05) is 4.90 Å². The molecule has 0 spiro atoms. The minimum Gasteiger partial charge on any atom is -0.456 e. The van der Waals surface area contributed by atoms with E-state index in [1.54, 1.807) is 0 Å². The van der Waals surface area contributed by atoms with E-state index in [2.05, 4.69) is 130 Å². The monoisotopic (exact) mass is 567 g/mol. The van der Waals surface area contributed by atoms with Crippen molar-refractivity contribution in [2.24, 2.45) is 0 Å². The standard InChI is InChI=1S/C36H30BNO3S/c1-35(2)36(3,4)41-37(40-35)23-13-15-24(16-14-23)38(25-18-20-34-30(21-25)29-10-6-8-12-33(29)42-34)26-17-19-28-27-9-5-7-11-31(27)39-32(28)22-26/h5-22H,1-4H3. The van der Waals surface area contributed by atoms with Crippen molar-refractivity contribution in [3.63, 3.8) is 0 Å². The van der Waals surface area contributed by atoms with Crippen molar-refractivity contribution in [2.45, 2.75) is 38.9 Å². The fourth-order valence-corrected chi connectivity index (χ4v) is 7.00. The van der Waals surface area contributed by atoms with Crippen LogP contribution >= 0.6 is 11.3 Å². The lowest BCUT2D eigenvalue weighted by Crippen LogP contribution is -2.41. The molecule has 7 aromatic rings. The van der Waals surface area contributed by atoms with Gasteiger partial charge in [0.2, 0.25) is 0 Å². The van der Waals surface area contributed by atoms with Crippen molar-refractivity contribution in [3.05, 3.63) is 109 Å². The molecule has 8 rings (SSSR count). The minimum absolute atomic E-state index is 0.386. The quantitative estimate of drug-likeness (QED) is 0.198. The molecular weight excluding hydrogens is 537 g/mol. The first-order valence-electron chi connectivity index (χ1n) is 14.4. The third kappa shape index (κ3) is 3.97. The van der Waals surface area contributed by atoms with E-state index in [1.165, 1.54) is 20.2 Å². The van der Waals surface area contributed by atoms with Crippen LogP contribution in [0, 0.1) is 0 Å². The average molecular weight is 568 g/mol. The number of anilines is 3. The predicted molar refractivity (Wildman–Crippen MR) is 177 cm³/mol. The molecule has 6 heteroatoms. The van der Waals surface area contributed by atoms with Gasteiger partial charge in [-0.1, -0.05) is 48.5 Å². The van der Waals surface area contributed by atoms with Crippen LogP contribution in [0.15, 0.2) is 114 Å². The Morgan fingerprint density at radius 3 is 1.93 bits per heavy atom. The molecule has 0 bridgehead atoms. The first-order valence-corrected chi connectivity index (χ1v) is 15.2. The van der Waals surface area contributed by atoms with Crippen LogP contribution in [0.25, 0.3) is 42.1 Å². The third-order valence-electron chi connectivity index (χ3n) is 8.92. The Bertz CT molecular complexity index is 2110. The van der Waals surface area contributed by atoms with Gasteiger partial charge >= 0.3 is 7.12 Å². The summed E-state index contributed by atoms with van der Waals surface area (Å²) in [4.78, 5) is 2.30. The minimum atomic E-state index is -0.405. The molecule has 0 saturated carbocycles. The van der Waals surface area contributed by atoms with Crippen LogP contribution in [0.4, 0.5) is 17.1 Å². The molecular formula is C36H30BNO3S. The number of fused-ring (bicyclic) bond motifs is 6. The van der Waals surface area contributed by atoms with Gasteiger partial charge in [0.1, 0.15) is 11.2 Å². The van der Waals surface area contributed by atoms with Gasteiger partial charge in [0, 0.05) is 54.1 Å². The Hall–Kier alpha value is -4.10. The van der Waals surface area contributed by atoms with Gasteiger partial charge in [0.05, 0.1) is 11.2 Å². The van der Waals surface area contributed by atoms with E-state index in [-0.39, 0.29) is 11.2 Å². The lowest BCUT2D eigenvalue weighted by Gasteiger charge is -2.32. The van der Waals surface area contributed by atoms with E-state index in [9.17, 15) is 0 Å². The number of hydrogen-bond donors (Lipinski definition) is 0. The van der Waals surface area contributed by atoms with Gasteiger partial charge in [0.15, 0.2) is 0 Å². The number of furan rings is 1. The van der Waals surface area contributed by atoms with Gasteiger partial charge in [-0.3, -0.25) is 0 Å². The second kappa shape index (κ2) is 9.20. The summed E-state index contributed by atoms with van der Waals surface area (Å²) in [5, 5.41) is 4.79. The van der Waals surface area contributed by atoms with Crippen LogP contribution in [0.1, 0.15) is 27.7 Å². The molecule has 1 saturated heterocycles. The molecule has 2 aromatic heterocycles. The summed E-state index contributed by atoms with van der Waals surface area (Å²) in [6, 6.07) is 38.6. The summed E-state index contributed by atoms with van der Waals surface area (Å²) in [5.41, 5.74) is 5.16. The first kappa shape index (κ1) is 25.6. The highest BCUT2D eigenvalue weighted by Crippen LogP contribution is 2.42. The number of nitrogens with zero attached hydrogens (tertiary/aromatic N) is 1. The van der Waals surface area contributed by atoms with Crippen molar-refractivity contribution in [1.82, 2.24) is 0 Å². The molecule has 0 unspecified atom stereocenters. The summed E-state index contributed by atoms with van der Waals surface area (Å²) < 4.78 is 21.5. The first-order chi connectivity index (χ1) is 20.3. The maximum Gasteiger partial charge on any atom is 0.494 e. The molecule has 3 heterocycles. The van der Waals surface area contributed by atoms with Gasteiger partial charge in [-0.05, 0) is 87.8 Å². The van der Waals surface area contributed by atoms with E-state index < -0.39 is 7.12 Å². The van der Waals surface area contributed by atoms with E-state index in [0.717, 1.165) is 44.5 Å². The fourth-order valence-electron chi connectivity index (χ4n) is 5.91. The number of benzene rings is 5. The largest absolute Gasteiger partial charge is 0.494 e. The highest BCUT2D eigenvalue weighted by Gasteiger charge is 2.51. The van der Waals surface area contributed by atoms with E-state index in [1.807, 2.05) is 23.5 Å². The number of thiophene rings is 1. The molecule has 4 nitrogen and oxygen atoms in total. The number of para-hydroxylation sites is 1. The molecule has 0 N–H and O–H groups in total. The molecule has 1 fully saturated rings. The molecule has 1 aliphatic heterocycles. The summed E-state index contributed by atoms with van der Waals surface area (Å²) in [6.45, 7) is 8.34. The van der Waals surface area contributed by atoms with Crippen LogP contribution in [-0.2, 0) is 9.31 Å². The van der Waals surface area contributed by atoms with Gasteiger partial charge in [-0.2, -0.15) is 0 Å². The molecule has 5 aromatic carbocycles. The smallest absolute Gasteiger partial charge is 0.456 e. The maximum atomic E-state index is 6.33. The molecule has 42 heavy (non-hydrogen) atoms. The number of rotatable bonds is 4. The summed E-state index contributed by atoms with van der Waals surface area (Å²) in [6.07, 6.45) is 0. The van der Waals surface area contributed by atoms with E-state index >= 15 is 0 Å². The summed E-state index contributed by atoms with van der Waals surface area (Å²) >= 11 is 1.83. The maximum absolute atomic E-state index is 6.33. The topological polar surface area (TPSA) is 34.8 Å².